The summed E-state index contributed by atoms with van der Waals surface area (Å²) in [5.41, 5.74) is 0. The number of hydrogen-bond donors (Lipinski definition) is 2. The molecule has 1 rings (SSSR count). The van der Waals surface area contributed by atoms with Gasteiger partial charge in [0.05, 0.1) is 6.10 Å². The number of amides is 2. The van der Waals surface area contributed by atoms with E-state index in [0.717, 1.165) is 38.6 Å². The third-order valence-electron chi connectivity index (χ3n) is 3.71. The van der Waals surface area contributed by atoms with Crippen LogP contribution in [0.2, 0.25) is 0 Å². The van der Waals surface area contributed by atoms with Crippen molar-refractivity contribution in [1.82, 2.24) is 10.2 Å². The molecule has 2 amide bonds. The molecule has 0 spiro atoms. The molecule has 0 aliphatic heterocycles. The highest BCUT2D eigenvalue weighted by molar-refractivity contribution is 5.73. The molecule has 1 aliphatic rings. The first-order valence-electron chi connectivity index (χ1n) is 7.17. The van der Waals surface area contributed by atoms with E-state index in [2.05, 4.69) is 19.2 Å². The van der Waals surface area contributed by atoms with Crippen LogP contribution < -0.4 is 5.32 Å². The maximum Gasteiger partial charge on any atom is 0.317 e. The molecular formula is C14H28N2O2. The summed E-state index contributed by atoms with van der Waals surface area (Å²) in [5, 5.41) is 12.7. The molecule has 2 atom stereocenters. The Morgan fingerprint density at radius 1 is 1.44 bits per heavy atom. The van der Waals surface area contributed by atoms with Crippen LogP contribution in [0.5, 0.6) is 0 Å². The van der Waals surface area contributed by atoms with Gasteiger partial charge in [0.1, 0.15) is 0 Å². The highest BCUT2D eigenvalue weighted by Gasteiger charge is 2.27. The van der Waals surface area contributed by atoms with Crippen LogP contribution in [0.15, 0.2) is 0 Å². The summed E-state index contributed by atoms with van der Waals surface area (Å²) in [7, 11) is 1.81. The van der Waals surface area contributed by atoms with Gasteiger partial charge in [-0.2, -0.15) is 0 Å². The predicted molar refractivity (Wildman–Crippen MR) is 73.4 cm³/mol. The highest BCUT2D eigenvalue weighted by atomic mass is 16.3. The number of nitrogens with zero attached hydrogens (tertiary/aromatic N) is 1. The largest absolute Gasteiger partial charge is 0.393 e. The van der Waals surface area contributed by atoms with Crippen molar-refractivity contribution in [2.45, 2.75) is 52.1 Å². The van der Waals surface area contributed by atoms with Crippen LogP contribution in [0, 0.1) is 11.8 Å². The van der Waals surface area contributed by atoms with Gasteiger partial charge in [0.2, 0.25) is 0 Å². The summed E-state index contributed by atoms with van der Waals surface area (Å²) in [4.78, 5) is 13.5. The lowest BCUT2D eigenvalue weighted by Gasteiger charge is -2.23. The van der Waals surface area contributed by atoms with Crippen LogP contribution in [0.3, 0.4) is 0 Å². The van der Waals surface area contributed by atoms with Gasteiger partial charge in [-0.3, -0.25) is 0 Å². The monoisotopic (exact) mass is 256 g/mol. The third kappa shape index (κ3) is 5.25. The topological polar surface area (TPSA) is 52.6 Å². The molecule has 0 aromatic carbocycles. The zero-order valence-electron chi connectivity index (χ0n) is 12.0. The SMILES string of the molecule is CC(C)CCCNC(=O)N(C)CC1CCCC1O. The van der Waals surface area contributed by atoms with Gasteiger partial charge in [-0.1, -0.05) is 20.3 Å². The number of rotatable bonds is 6. The molecule has 0 saturated heterocycles. The van der Waals surface area contributed by atoms with Gasteiger partial charge in [-0.05, 0) is 31.6 Å². The number of nitrogens with one attached hydrogen (secondary N) is 1. The number of aliphatic hydroxyl groups excluding tert-OH is 1. The van der Waals surface area contributed by atoms with Crippen LogP contribution in [0.4, 0.5) is 4.79 Å². The number of hydrogen-bond acceptors (Lipinski definition) is 2. The summed E-state index contributed by atoms with van der Waals surface area (Å²) in [6.07, 6.45) is 4.95. The van der Waals surface area contributed by atoms with Crippen molar-refractivity contribution in [3.63, 3.8) is 0 Å². The Morgan fingerprint density at radius 3 is 2.72 bits per heavy atom. The first kappa shape index (κ1) is 15.3. The Morgan fingerprint density at radius 2 is 2.17 bits per heavy atom. The van der Waals surface area contributed by atoms with Gasteiger partial charge in [0.15, 0.2) is 0 Å². The van der Waals surface area contributed by atoms with Crippen LogP contribution >= 0.6 is 0 Å². The quantitative estimate of drug-likeness (QED) is 0.716. The average molecular weight is 256 g/mol. The molecule has 2 unspecified atom stereocenters. The van der Waals surface area contributed by atoms with Crippen molar-refractivity contribution in [3.05, 3.63) is 0 Å². The van der Waals surface area contributed by atoms with Crippen LogP contribution in [-0.4, -0.2) is 42.3 Å². The predicted octanol–water partition coefficient (Wildman–Crippen LogP) is 2.23. The average Bonchev–Trinajstić information content (AvgIpc) is 2.70. The van der Waals surface area contributed by atoms with Crippen molar-refractivity contribution < 1.29 is 9.90 Å². The first-order valence-corrected chi connectivity index (χ1v) is 7.17. The molecular weight excluding hydrogens is 228 g/mol. The molecule has 0 heterocycles. The van der Waals surface area contributed by atoms with E-state index in [-0.39, 0.29) is 18.1 Å². The second-order valence-corrected chi connectivity index (χ2v) is 5.91. The molecule has 18 heavy (non-hydrogen) atoms. The van der Waals surface area contributed by atoms with Gasteiger partial charge in [0.25, 0.3) is 0 Å². The zero-order valence-corrected chi connectivity index (χ0v) is 12.0. The molecule has 0 radical (unpaired) electrons. The fourth-order valence-electron chi connectivity index (χ4n) is 2.51. The van der Waals surface area contributed by atoms with E-state index in [0.29, 0.717) is 12.5 Å². The maximum atomic E-state index is 11.8. The number of urea groups is 1. The summed E-state index contributed by atoms with van der Waals surface area (Å²) in [6.45, 7) is 5.79. The minimum atomic E-state index is -0.221. The Bertz CT molecular complexity index is 256. The number of carbonyl (C=O) groups excluding carboxylic acids is 1. The molecule has 1 aliphatic carbocycles. The standard InChI is InChI=1S/C14H28N2O2/c1-11(2)6-5-9-15-14(18)16(3)10-12-7-4-8-13(12)17/h11-13,17H,4-10H2,1-3H3,(H,15,18). The van der Waals surface area contributed by atoms with Gasteiger partial charge in [0, 0.05) is 26.1 Å². The second-order valence-electron chi connectivity index (χ2n) is 5.91. The summed E-state index contributed by atoms with van der Waals surface area (Å²) >= 11 is 0. The van der Waals surface area contributed by atoms with E-state index in [1.165, 1.54) is 0 Å². The normalized spacial score (nSPS) is 23.4. The van der Waals surface area contributed by atoms with Crippen molar-refractivity contribution in [1.29, 1.82) is 0 Å². The van der Waals surface area contributed by atoms with Gasteiger partial charge >= 0.3 is 6.03 Å². The van der Waals surface area contributed by atoms with Crippen LogP contribution in [-0.2, 0) is 0 Å². The first-order chi connectivity index (χ1) is 8.50. The van der Waals surface area contributed by atoms with E-state index in [9.17, 15) is 9.90 Å². The van der Waals surface area contributed by atoms with Crippen LogP contribution in [0.1, 0.15) is 46.0 Å². The van der Waals surface area contributed by atoms with E-state index in [4.69, 9.17) is 0 Å². The van der Waals surface area contributed by atoms with Crippen molar-refractivity contribution in [2.75, 3.05) is 20.1 Å². The Hall–Kier alpha value is -0.770. The molecule has 4 nitrogen and oxygen atoms in total. The van der Waals surface area contributed by atoms with Gasteiger partial charge in [-0.15, -0.1) is 0 Å². The molecule has 0 aromatic heterocycles. The molecule has 2 N–H and O–H groups in total. The fraction of sp³-hybridized carbons (Fsp3) is 0.929. The molecule has 1 fully saturated rings. The van der Waals surface area contributed by atoms with Crippen LogP contribution in [0.25, 0.3) is 0 Å². The van der Waals surface area contributed by atoms with E-state index >= 15 is 0 Å². The third-order valence-corrected chi connectivity index (χ3v) is 3.71. The van der Waals surface area contributed by atoms with E-state index in [1.807, 2.05) is 7.05 Å². The molecule has 1 saturated carbocycles. The molecule has 0 aromatic rings. The smallest absolute Gasteiger partial charge is 0.317 e. The Kier molecular flexibility index (Phi) is 6.47. The minimum Gasteiger partial charge on any atom is -0.393 e. The highest BCUT2D eigenvalue weighted by Crippen LogP contribution is 2.25. The van der Waals surface area contributed by atoms with Gasteiger partial charge in [-0.25, -0.2) is 4.79 Å². The number of carbonyl (C=O) groups is 1. The zero-order chi connectivity index (χ0) is 13.5. The lowest BCUT2D eigenvalue weighted by atomic mass is 10.1. The molecule has 106 valence electrons. The van der Waals surface area contributed by atoms with E-state index in [1.54, 1.807) is 4.90 Å². The lowest BCUT2D eigenvalue weighted by Crippen LogP contribution is -2.41. The van der Waals surface area contributed by atoms with Crippen molar-refractivity contribution in [3.8, 4) is 0 Å². The van der Waals surface area contributed by atoms with Gasteiger partial charge < -0.3 is 15.3 Å². The minimum absolute atomic E-state index is 0.0159. The van der Waals surface area contributed by atoms with E-state index < -0.39 is 0 Å². The summed E-state index contributed by atoms with van der Waals surface area (Å²) in [6, 6.07) is -0.0159. The molecule has 4 heteroatoms. The van der Waals surface area contributed by atoms with Crippen molar-refractivity contribution >= 4 is 6.03 Å². The summed E-state index contributed by atoms with van der Waals surface area (Å²) in [5.74, 6) is 0.949. The number of aliphatic hydroxyl groups is 1. The molecule has 0 bridgehead atoms. The fourth-order valence-corrected chi connectivity index (χ4v) is 2.51. The summed E-state index contributed by atoms with van der Waals surface area (Å²) < 4.78 is 0. The Balaban J connectivity index is 2.16. The lowest BCUT2D eigenvalue weighted by molar-refractivity contribution is 0.114. The van der Waals surface area contributed by atoms with Crippen molar-refractivity contribution in [2.24, 2.45) is 11.8 Å². The maximum absolute atomic E-state index is 11.8. The second kappa shape index (κ2) is 7.62. The Labute approximate surface area is 111 Å².